The van der Waals surface area contributed by atoms with E-state index in [2.05, 4.69) is 26.1 Å². The van der Waals surface area contributed by atoms with Gasteiger partial charge in [-0.15, -0.1) is 0 Å². The molecule has 0 saturated heterocycles. The third kappa shape index (κ3) is 6.73. The Balaban J connectivity index is 1.43. The maximum atomic E-state index is 12.2. The van der Waals surface area contributed by atoms with Crippen molar-refractivity contribution in [1.82, 2.24) is 15.5 Å². The molecule has 0 aliphatic carbocycles. The van der Waals surface area contributed by atoms with Crippen LogP contribution in [0.15, 0.2) is 53.1 Å². The van der Waals surface area contributed by atoms with Crippen molar-refractivity contribution in [3.05, 3.63) is 71.4 Å². The number of carbonyl (C=O) groups excluding carboxylic acids is 2. The molecule has 1 aromatic heterocycles. The van der Waals surface area contributed by atoms with Crippen LogP contribution in [-0.2, 0) is 17.8 Å². The first-order chi connectivity index (χ1) is 14.5. The van der Waals surface area contributed by atoms with Crippen LogP contribution in [0.1, 0.15) is 35.7 Å². The van der Waals surface area contributed by atoms with Crippen LogP contribution in [0.2, 0.25) is 0 Å². The van der Waals surface area contributed by atoms with E-state index in [1.54, 1.807) is 13.0 Å². The van der Waals surface area contributed by atoms with Crippen LogP contribution in [0, 0.1) is 13.8 Å². The fourth-order valence-electron chi connectivity index (χ4n) is 2.91. The SMILES string of the molecule is Cc1cccc(NC(=O)Nc2cccc(CNC(=O)CCCc3nc(C)no3)c2)c1. The summed E-state index contributed by atoms with van der Waals surface area (Å²) in [5.74, 6) is 1.08. The Morgan fingerprint density at radius 3 is 2.43 bits per heavy atom. The van der Waals surface area contributed by atoms with Crippen molar-refractivity contribution in [3.63, 3.8) is 0 Å². The molecule has 3 aromatic rings. The molecule has 0 saturated carbocycles. The molecule has 8 nitrogen and oxygen atoms in total. The summed E-state index contributed by atoms with van der Waals surface area (Å²) in [7, 11) is 0. The molecule has 8 heteroatoms. The van der Waals surface area contributed by atoms with Gasteiger partial charge in [0.05, 0.1) is 0 Å². The summed E-state index contributed by atoms with van der Waals surface area (Å²) >= 11 is 0. The summed E-state index contributed by atoms with van der Waals surface area (Å²) in [6.45, 7) is 4.11. The van der Waals surface area contributed by atoms with Crippen molar-refractivity contribution in [2.24, 2.45) is 0 Å². The molecule has 0 spiro atoms. The second-order valence-corrected chi connectivity index (χ2v) is 7.01. The van der Waals surface area contributed by atoms with Crippen molar-refractivity contribution >= 4 is 23.3 Å². The Hall–Kier alpha value is -3.68. The molecule has 0 radical (unpaired) electrons. The molecular formula is C22H25N5O3. The molecule has 2 aromatic carbocycles. The zero-order valence-electron chi connectivity index (χ0n) is 17.1. The normalized spacial score (nSPS) is 10.5. The van der Waals surface area contributed by atoms with Crippen molar-refractivity contribution in [1.29, 1.82) is 0 Å². The van der Waals surface area contributed by atoms with E-state index >= 15 is 0 Å². The van der Waals surface area contributed by atoms with E-state index in [0.29, 0.717) is 43.2 Å². The Bertz CT molecular complexity index is 1020. The number of urea groups is 1. The van der Waals surface area contributed by atoms with E-state index in [1.807, 2.05) is 49.4 Å². The van der Waals surface area contributed by atoms with Crippen LogP contribution >= 0.6 is 0 Å². The summed E-state index contributed by atoms with van der Waals surface area (Å²) in [5.41, 5.74) is 3.34. The number of benzene rings is 2. The highest BCUT2D eigenvalue weighted by Crippen LogP contribution is 2.13. The second-order valence-electron chi connectivity index (χ2n) is 7.01. The summed E-state index contributed by atoms with van der Waals surface area (Å²) in [6, 6.07) is 14.6. The average Bonchev–Trinajstić information content (AvgIpc) is 3.11. The number of hydrogen-bond donors (Lipinski definition) is 3. The first kappa shape index (κ1) is 21.0. The van der Waals surface area contributed by atoms with Gasteiger partial charge in [-0.05, 0) is 55.7 Å². The zero-order chi connectivity index (χ0) is 21.3. The predicted molar refractivity (Wildman–Crippen MR) is 114 cm³/mol. The molecule has 0 unspecified atom stereocenters. The standard InChI is InChI=1S/C22H25N5O3/c1-15-6-3-8-18(12-15)25-22(29)26-19-9-4-7-17(13-19)14-23-20(28)10-5-11-21-24-16(2)27-30-21/h3-4,6-9,12-13H,5,10-11,14H2,1-2H3,(H,23,28)(H2,25,26,29). The molecule has 0 atom stereocenters. The number of rotatable bonds is 8. The van der Waals surface area contributed by atoms with Crippen LogP contribution in [-0.4, -0.2) is 22.1 Å². The van der Waals surface area contributed by atoms with Gasteiger partial charge in [0, 0.05) is 30.8 Å². The number of aromatic nitrogens is 2. The number of nitrogens with zero attached hydrogens (tertiary/aromatic N) is 2. The molecule has 0 aliphatic heterocycles. The van der Waals surface area contributed by atoms with E-state index in [9.17, 15) is 9.59 Å². The van der Waals surface area contributed by atoms with E-state index in [1.165, 1.54) is 0 Å². The Kier molecular flexibility index (Phi) is 7.15. The summed E-state index contributed by atoms with van der Waals surface area (Å²) in [6.07, 6.45) is 1.58. The molecule has 3 rings (SSSR count). The quantitative estimate of drug-likeness (QED) is 0.523. The van der Waals surface area contributed by atoms with Gasteiger partial charge in [-0.25, -0.2) is 4.79 Å². The summed E-state index contributed by atoms with van der Waals surface area (Å²) in [4.78, 5) is 28.4. The van der Waals surface area contributed by atoms with E-state index in [-0.39, 0.29) is 11.9 Å². The van der Waals surface area contributed by atoms with Crippen LogP contribution in [0.5, 0.6) is 0 Å². The van der Waals surface area contributed by atoms with Gasteiger partial charge in [0.15, 0.2) is 5.82 Å². The highest BCUT2D eigenvalue weighted by Gasteiger charge is 2.07. The number of carbonyl (C=O) groups is 2. The monoisotopic (exact) mass is 407 g/mol. The van der Waals surface area contributed by atoms with Crippen LogP contribution in [0.3, 0.4) is 0 Å². The third-order valence-electron chi connectivity index (χ3n) is 4.31. The number of anilines is 2. The molecule has 156 valence electrons. The van der Waals surface area contributed by atoms with Gasteiger partial charge in [0.25, 0.3) is 0 Å². The highest BCUT2D eigenvalue weighted by molar-refractivity contribution is 5.99. The maximum absolute atomic E-state index is 12.2. The minimum absolute atomic E-state index is 0.0539. The highest BCUT2D eigenvalue weighted by atomic mass is 16.5. The predicted octanol–water partition coefficient (Wildman–Crippen LogP) is 3.97. The van der Waals surface area contributed by atoms with Gasteiger partial charge < -0.3 is 20.5 Å². The lowest BCUT2D eigenvalue weighted by molar-refractivity contribution is -0.121. The maximum Gasteiger partial charge on any atom is 0.323 e. The van der Waals surface area contributed by atoms with E-state index in [4.69, 9.17) is 4.52 Å². The Labute approximate surface area is 175 Å². The smallest absolute Gasteiger partial charge is 0.323 e. The number of amides is 3. The summed E-state index contributed by atoms with van der Waals surface area (Å²) in [5, 5.41) is 12.2. The summed E-state index contributed by atoms with van der Waals surface area (Å²) < 4.78 is 5.03. The molecule has 30 heavy (non-hydrogen) atoms. The molecule has 1 heterocycles. The molecule has 0 bridgehead atoms. The Morgan fingerprint density at radius 2 is 1.73 bits per heavy atom. The lowest BCUT2D eigenvalue weighted by Gasteiger charge is -2.10. The van der Waals surface area contributed by atoms with Gasteiger partial charge in [-0.3, -0.25) is 4.79 Å². The minimum atomic E-state index is -0.321. The number of aryl methyl sites for hydroxylation is 3. The molecule has 0 aliphatic rings. The van der Waals surface area contributed by atoms with Crippen molar-refractivity contribution in [3.8, 4) is 0 Å². The first-order valence-corrected chi connectivity index (χ1v) is 9.77. The van der Waals surface area contributed by atoms with Gasteiger partial charge >= 0.3 is 6.03 Å². The van der Waals surface area contributed by atoms with E-state index < -0.39 is 0 Å². The molecule has 3 N–H and O–H groups in total. The average molecular weight is 407 g/mol. The van der Waals surface area contributed by atoms with Gasteiger partial charge in [0.2, 0.25) is 11.8 Å². The second kappa shape index (κ2) is 10.2. The first-order valence-electron chi connectivity index (χ1n) is 9.77. The fraction of sp³-hybridized carbons (Fsp3) is 0.273. The number of nitrogens with one attached hydrogen (secondary N) is 3. The minimum Gasteiger partial charge on any atom is -0.352 e. The van der Waals surface area contributed by atoms with Crippen LogP contribution in [0.25, 0.3) is 0 Å². The van der Waals surface area contributed by atoms with Crippen molar-refractivity contribution < 1.29 is 14.1 Å². The van der Waals surface area contributed by atoms with Gasteiger partial charge in [-0.1, -0.05) is 29.4 Å². The van der Waals surface area contributed by atoms with E-state index in [0.717, 1.165) is 16.8 Å². The third-order valence-corrected chi connectivity index (χ3v) is 4.31. The molecular weight excluding hydrogens is 382 g/mol. The zero-order valence-corrected chi connectivity index (χ0v) is 17.1. The molecule has 0 fully saturated rings. The van der Waals surface area contributed by atoms with Gasteiger partial charge in [0.1, 0.15) is 0 Å². The topological polar surface area (TPSA) is 109 Å². The lowest BCUT2D eigenvalue weighted by atomic mass is 10.2. The van der Waals surface area contributed by atoms with Gasteiger partial charge in [-0.2, -0.15) is 4.98 Å². The lowest BCUT2D eigenvalue weighted by Crippen LogP contribution is -2.23. The van der Waals surface area contributed by atoms with Crippen LogP contribution in [0.4, 0.5) is 16.2 Å². The fourth-order valence-corrected chi connectivity index (χ4v) is 2.91. The largest absolute Gasteiger partial charge is 0.352 e. The molecule has 3 amide bonds. The van der Waals surface area contributed by atoms with Crippen molar-refractivity contribution in [2.75, 3.05) is 10.6 Å². The van der Waals surface area contributed by atoms with Crippen LogP contribution < -0.4 is 16.0 Å². The Morgan fingerprint density at radius 1 is 1.00 bits per heavy atom. The van der Waals surface area contributed by atoms with Crippen molar-refractivity contribution in [2.45, 2.75) is 39.7 Å². The number of hydrogen-bond acceptors (Lipinski definition) is 5.